The minimum Gasteiger partial charge on any atom is -0.315 e. The molecule has 23 heavy (non-hydrogen) atoms. The van der Waals surface area contributed by atoms with Gasteiger partial charge in [-0.15, -0.1) is 16.4 Å². The standard InChI is InChI=1S/C13H16F2N6OS/c1-7-6-23-12(16-7)8-4-3-5-21(8)13(22)17-11-9(10(14)15)20(2)19-18-11/h6,8,10H,3-5H2,1-2H3,(H,17,22). The maximum Gasteiger partial charge on any atom is 0.323 e. The minimum atomic E-state index is -2.76. The number of carbonyl (C=O) groups excluding carboxylic acids is 1. The van der Waals surface area contributed by atoms with Gasteiger partial charge in [-0.25, -0.2) is 23.2 Å². The lowest BCUT2D eigenvalue weighted by atomic mass is 10.2. The number of urea groups is 1. The zero-order chi connectivity index (χ0) is 16.6. The zero-order valence-corrected chi connectivity index (χ0v) is 13.5. The number of carbonyl (C=O) groups is 1. The van der Waals surface area contributed by atoms with E-state index in [1.807, 2.05) is 12.3 Å². The molecule has 3 rings (SSSR count). The van der Waals surface area contributed by atoms with Crippen LogP contribution in [0.2, 0.25) is 0 Å². The predicted molar refractivity (Wildman–Crippen MR) is 80.5 cm³/mol. The van der Waals surface area contributed by atoms with Crippen LogP contribution in [0.25, 0.3) is 0 Å². The van der Waals surface area contributed by atoms with Gasteiger partial charge in [-0.05, 0) is 19.8 Å². The number of anilines is 1. The summed E-state index contributed by atoms with van der Waals surface area (Å²) in [6.07, 6.45) is -1.11. The van der Waals surface area contributed by atoms with Crippen molar-refractivity contribution in [2.75, 3.05) is 11.9 Å². The Labute approximate surface area is 135 Å². The summed E-state index contributed by atoms with van der Waals surface area (Å²) in [5.74, 6) is -0.200. The van der Waals surface area contributed by atoms with Crippen molar-refractivity contribution in [3.63, 3.8) is 0 Å². The number of thiazole rings is 1. The van der Waals surface area contributed by atoms with Gasteiger partial charge in [0, 0.05) is 24.7 Å². The third kappa shape index (κ3) is 3.03. The molecular formula is C13H16F2N6OS. The van der Waals surface area contributed by atoms with E-state index in [9.17, 15) is 13.6 Å². The minimum absolute atomic E-state index is 0.125. The summed E-state index contributed by atoms with van der Waals surface area (Å²) in [6.45, 7) is 2.45. The van der Waals surface area contributed by atoms with E-state index in [4.69, 9.17) is 0 Å². The Balaban J connectivity index is 1.78. The Kier molecular flexibility index (Phi) is 4.24. The quantitative estimate of drug-likeness (QED) is 0.930. The second-order valence-electron chi connectivity index (χ2n) is 5.36. The van der Waals surface area contributed by atoms with Gasteiger partial charge in [-0.1, -0.05) is 5.21 Å². The fourth-order valence-electron chi connectivity index (χ4n) is 2.66. The topological polar surface area (TPSA) is 75.9 Å². The maximum atomic E-state index is 13.0. The Hall–Kier alpha value is -2.10. The Morgan fingerprint density at radius 2 is 2.30 bits per heavy atom. The van der Waals surface area contributed by atoms with Crippen molar-refractivity contribution in [1.82, 2.24) is 24.9 Å². The molecule has 1 aliphatic heterocycles. The number of hydrogen-bond donors (Lipinski definition) is 1. The molecule has 1 fully saturated rings. The molecule has 0 radical (unpaired) electrons. The molecule has 3 heterocycles. The largest absolute Gasteiger partial charge is 0.323 e. The van der Waals surface area contributed by atoms with E-state index in [1.165, 1.54) is 18.4 Å². The van der Waals surface area contributed by atoms with Gasteiger partial charge in [-0.3, -0.25) is 5.32 Å². The van der Waals surface area contributed by atoms with Crippen molar-refractivity contribution in [3.05, 3.63) is 21.8 Å². The van der Waals surface area contributed by atoms with Crippen LogP contribution in [-0.2, 0) is 7.05 Å². The Bertz CT molecular complexity index is 715. The molecule has 0 aromatic carbocycles. The molecule has 0 saturated carbocycles. The van der Waals surface area contributed by atoms with Crippen molar-refractivity contribution in [2.45, 2.75) is 32.2 Å². The first-order valence-electron chi connectivity index (χ1n) is 7.14. The molecule has 2 aromatic heterocycles. The molecule has 1 atom stereocenters. The van der Waals surface area contributed by atoms with Crippen LogP contribution in [-0.4, -0.2) is 37.5 Å². The summed E-state index contributed by atoms with van der Waals surface area (Å²) >= 11 is 1.50. The molecule has 1 aliphatic rings. The molecule has 2 amide bonds. The molecule has 0 aliphatic carbocycles. The van der Waals surface area contributed by atoms with Gasteiger partial charge in [0.25, 0.3) is 6.43 Å². The number of aromatic nitrogens is 4. The number of hydrogen-bond acceptors (Lipinski definition) is 5. The highest BCUT2D eigenvalue weighted by Crippen LogP contribution is 2.34. The third-order valence-electron chi connectivity index (χ3n) is 3.74. The van der Waals surface area contributed by atoms with E-state index in [1.54, 1.807) is 4.90 Å². The van der Waals surface area contributed by atoms with Crippen LogP contribution < -0.4 is 5.32 Å². The van der Waals surface area contributed by atoms with E-state index in [0.717, 1.165) is 28.2 Å². The molecule has 1 saturated heterocycles. The van der Waals surface area contributed by atoms with Crippen LogP contribution in [0.1, 0.15) is 41.7 Å². The molecule has 0 bridgehead atoms. The van der Waals surface area contributed by atoms with E-state index in [0.29, 0.717) is 6.54 Å². The molecule has 10 heteroatoms. The van der Waals surface area contributed by atoms with Crippen LogP contribution >= 0.6 is 11.3 Å². The van der Waals surface area contributed by atoms with Crippen molar-refractivity contribution >= 4 is 23.2 Å². The highest BCUT2D eigenvalue weighted by atomic mass is 32.1. The van der Waals surface area contributed by atoms with Gasteiger partial charge in [-0.2, -0.15) is 0 Å². The van der Waals surface area contributed by atoms with E-state index in [-0.39, 0.29) is 11.9 Å². The second-order valence-corrected chi connectivity index (χ2v) is 6.25. The fraction of sp³-hybridized carbons (Fsp3) is 0.538. The van der Waals surface area contributed by atoms with Gasteiger partial charge in [0.05, 0.1) is 6.04 Å². The first-order valence-corrected chi connectivity index (χ1v) is 8.02. The number of nitrogens with one attached hydrogen (secondary N) is 1. The molecular weight excluding hydrogens is 326 g/mol. The second kappa shape index (κ2) is 6.19. The number of alkyl halides is 2. The summed E-state index contributed by atoms with van der Waals surface area (Å²) in [5, 5.41) is 12.4. The number of amides is 2. The third-order valence-corrected chi connectivity index (χ3v) is 4.80. The van der Waals surface area contributed by atoms with Crippen LogP contribution in [0.5, 0.6) is 0 Å². The number of rotatable bonds is 3. The first-order chi connectivity index (χ1) is 11.0. The number of aryl methyl sites for hydroxylation is 2. The van der Waals surface area contributed by atoms with E-state index < -0.39 is 18.2 Å². The summed E-state index contributed by atoms with van der Waals surface area (Å²) in [5.41, 5.74) is 0.505. The average Bonchev–Trinajstić information content (AvgIpc) is 3.18. The Morgan fingerprint density at radius 3 is 2.96 bits per heavy atom. The van der Waals surface area contributed by atoms with Crippen LogP contribution in [0, 0.1) is 6.92 Å². The lowest BCUT2D eigenvalue weighted by Crippen LogP contribution is -2.34. The smallest absolute Gasteiger partial charge is 0.315 e. The number of likely N-dealkylation sites (tertiary alicyclic amines) is 1. The summed E-state index contributed by atoms with van der Waals surface area (Å²) in [4.78, 5) is 18.5. The van der Waals surface area contributed by atoms with Crippen molar-refractivity contribution in [3.8, 4) is 0 Å². The van der Waals surface area contributed by atoms with Gasteiger partial charge < -0.3 is 4.90 Å². The number of halogens is 2. The summed E-state index contributed by atoms with van der Waals surface area (Å²) < 4.78 is 27.0. The van der Waals surface area contributed by atoms with E-state index in [2.05, 4.69) is 20.6 Å². The van der Waals surface area contributed by atoms with E-state index >= 15 is 0 Å². The van der Waals surface area contributed by atoms with Crippen molar-refractivity contribution in [2.24, 2.45) is 7.05 Å². The van der Waals surface area contributed by atoms with Crippen LogP contribution in [0.3, 0.4) is 0 Å². The predicted octanol–water partition coefficient (Wildman–Crippen LogP) is 2.89. The van der Waals surface area contributed by atoms with Gasteiger partial charge in [0.1, 0.15) is 10.7 Å². The monoisotopic (exact) mass is 342 g/mol. The summed E-state index contributed by atoms with van der Waals surface area (Å²) in [7, 11) is 1.36. The van der Waals surface area contributed by atoms with Crippen molar-refractivity contribution in [1.29, 1.82) is 0 Å². The van der Waals surface area contributed by atoms with Gasteiger partial charge >= 0.3 is 6.03 Å². The molecule has 1 N–H and O–H groups in total. The van der Waals surface area contributed by atoms with Crippen LogP contribution in [0.15, 0.2) is 5.38 Å². The SMILES string of the molecule is Cc1csc(C2CCCN2C(=O)Nc2nnn(C)c2C(F)F)n1. The maximum absolute atomic E-state index is 13.0. The Morgan fingerprint density at radius 1 is 1.52 bits per heavy atom. The summed E-state index contributed by atoms with van der Waals surface area (Å²) in [6, 6.07) is -0.580. The fourth-order valence-corrected chi connectivity index (χ4v) is 3.61. The first kappa shape index (κ1) is 15.8. The molecule has 7 nitrogen and oxygen atoms in total. The molecule has 0 spiro atoms. The lowest BCUT2D eigenvalue weighted by Gasteiger charge is -2.23. The van der Waals surface area contributed by atoms with Crippen LogP contribution in [0.4, 0.5) is 19.4 Å². The number of nitrogens with zero attached hydrogens (tertiary/aromatic N) is 5. The molecule has 1 unspecified atom stereocenters. The van der Waals surface area contributed by atoms with Gasteiger partial charge in [0.2, 0.25) is 0 Å². The highest BCUT2D eigenvalue weighted by molar-refractivity contribution is 7.09. The lowest BCUT2D eigenvalue weighted by molar-refractivity contribution is 0.141. The average molecular weight is 342 g/mol. The highest BCUT2D eigenvalue weighted by Gasteiger charge is 2.33. The molecule has 2 aromatic rings. The van der Waals surface area contributed by atoms with Gasteiger partial charge in [0.15, 0.2) is 5.82 Å². The van der Waals surface area contributed by atoms with Crippen molar-refractivity contribution < 1.29 is 13.6 Å². The zero-order valence-electron chi connectivity index (χ0n) is 12.7. The normalized spacial score (nSPS) is 18.0. The molecule has 124 valence electrons.